The number of aliphatic hydroxyl groups is 1. The van der Waals surface area contributed by atoms with Crippen molar-refractivity contribution >= 4 is 17.4 Å². The van der Waals surface area contributed by atoms with Crippen molar-refractivity contribution in [1.82, 2.24) is 14.8 Å². The van der Waals surface area contributed by atoms with Crippen LogP contribution in [-0.2, 0) is 9.59 Å². The number of pyridine rings is 1. The third kappa shape index (κ3) is 4.30. The predicted octanol–water partition coefficient (Wildman–Crippen LogP) is 2.46. The number of hydrogen-bond donors (Lipinski definition) is 1. The molecule has 1 aromatic carbocycles. The lowest BCUT2D eigenvalue weighted by atomic mass is 9.96. The number of amides is 1. The van der Waals surface area contributed by atoms with Crippen LogP contribution in [0.1, 0.15) is 23.6 Å². The first-order chi connectivity index (χ1) is 13.9. The minimum atomic E-state index is -0.691. The average molecular weight is 395 g/mol. The van der Waals surface area contributed by atoms with Gasteiger partial charge in [-0.3, -0.25) is 14.6 Å². The Morgan fingerprint density at radius 3 is 2.69 bits per heavy atom. The summed E-state index contributed by atoms with van der Waals surface area (Å²) in [6, 6.07) is 9.65. The number of carbonyl (C=O) groups is 2. The summed E-state index contributed by atoms with van der Waals surface area (Å²) in [6.07, 6.45) is 3.95. The number of likely N-dealkylation sites (tertiary alicyclic amines) is 1. The molecule has 1 aliphatic rings. The summed E-state index contributed by atoms with van der Waals surface area (Å²) in [5, 5.41) is 11.0. The van der Waals surface area contributed by atoms with Gasteiger partial charge in [-0.15, -0.1) is 0 Å². The molecule has 1 amide bonds. The third-order valence-electron chi connectivity index (χ3n) is 4.89. The number of aromatic nitrogens is 1. The fraction of sp³-hybridized carbons (Fsp3) is 0.318. The molecule has 1 fully saturated rings. The Labute approximate surface area is 170 Å². The van der Waals surface area contributed by atoms with E-state index in [9.17, 15) is 14.7 Å². The van der Waals surface area contributed by atoms with Gasteiger partial charge in [-0.05, 0) is 50.8 Å². The summed E-state index contributed by atoms with van der Waals surface area (Å²) in [5.41, 5.74) is 1.17. The number of ether oxygens (including phenoxy) is 1. The lowest BCUT2D eigenvalue weighted by Gasteiger charge is -2.25. The van der Waals surface area contributed by atoms with E-state index >= 15 is 0 Å². The molecule has 1 aliphatic heterocycles. The van der Waals surface area contributed by atoms with Gasteiger partial charge in [0.05, 0.1) is 18.7 Å². The van der Waals surface area contributed by atoms with Gasteiger partial charge in [-0.1, -0.05) is 18.2 Å². The Bertz CT molecular complexity index is 925. The average Bonchev–Trinajstić information content (AvgIpc) is 2.98. The van der Waals surface area contributed by atoms with Crippen LogP contribution in [0.3, 0.4) is 0 Å². The van der Waals surface area contributed by atoms with E-state index in [4.69, 9.17) is 4.74 Å². The van der Waals surface area contributed by atoms with Crippen LogP contribution in [0.25, 0.3) is 5.76 Å². The Balaban J connectivity index is 2.07. The molecule has 1 aromatic heterocycles. The van der Waals surface area contributed by atoms with E-state index in [0.717, 1.165) is 6.54 Å². The molecule has 0 radical (unpaired) electrons. The molecule has 7 heteroatoms. The van der Waals surface area contributed by atoms with Gasteiger partial charge in [0.2, 0.25) is 0 Å². The third-order valence-corrected chi connectivity index (χ3v) is 4.89. The number of Topliss-reactive ketones (excluding diaryl/α,β-unsaturated/α-hetero) is 1. The Hall–Kier alpha value is -3.19. The molecule has 0 unspecified atom stereocenters. The van der Waals surface area contributed by atoms with Gasteiger partial charge in [-0.2, -0.15) is 0 Å². The van der Waals surface area contributed by atoms with Gasteiger partial charge in [-0.25, -0.2) is 0 Å². The van der Waals surface area contributed by atoms with Crippen molar-refractivity contribution in [3.05, 3.63) is 65.5 Å². The van der Waals surface area contributed by atoms with E-state index in [2.05, 4.69) is 4.98 Å². The van der Waals surface area contributed by atoms with Gasteiger partial charge >= 0.3 is 0 Å². The second kappa shape index (κ2) is 8.87. The highest BCUT2D eigenvalue weighted by Crippen LogP contribution is 2.39. The molecular weight excluding hydrogens is 370 g/mol. The van der Waals surface area contributed by atoms with Crippen molar-refractivity contribution in [1.29, 1.82) is 0 Å². The van der Waals surface area contributed by atoms with Crippen molar-refractivity contribution < 1.29 is 19.4 Å². The molecule has 1 N–H and O–H groups in total. The Kier molecular flexibility index (Phi) is 6.29. The number of ketones is 1. The van der Waals surface area contributed by atoms with Crippen molar-refractivity contribution in [3.8, 4) is 5.75 Å². The molecule has 1 saturated heterocycles. The number of carbonyl (C=O) groups excluding carboxylic acids is 2. The molecule has 7 nitrogen and oxygen atoms in total. The highest BCUT2D eigenvalue weighted by atomic mass is 16.5. The van der Waals surface area contributed by atoms with Crippen LogP contribution in [0, 0.1) is 0 Å². The van der Waals surface area contributed by atoms with Crippen molar-refractivity contribution in [3.63, 3.8) is 0 Å². The van der Waals surface area contributed by atoms with Crippen molar-refractivity contribution in [2.75, 3.05) is 34.3 Å². The van der Waals surface area contributed by atoms with Crippen LogP contribution in [-0.4, -0.2) is 65.9 Å². The molecule has 1 atom stereocenters. The van der Waals surface area contributed by atoms with Crippen LogP contribution in [0.5, 0.6) is 5.75 Å². The van der Waals surface area contributed by atoms with Gasteiger partial charge in [0, 0.05) is 24.5 Å². The zero-order valence-corrected chi connectivity index (χ0v) is 16.8. The van der Waals surface area contributed by atoms with Crippen molar-refractivity contribution in [2.45, 2.75) is 12.5 Å². The molecule has 2 heterocycles. The van der Waals surface area contributed by atoms with Gasteiger partial charge in [0.1, 0.15) is 11.5 Å². The molecule has 3 rings (SSSR count). The van der Waals surface area contributed by atoms with Gasteiger partial charge < -0.3 is 19.6 Å². The van der Waals surface area contributed by atoms with Crippen molar-refractivity contribution in [2.24, 2.45) is 0 Å². The largest absolute Gasteiger partial charge is 0.507 e. The Morgan fingerprint density at radius 2 is 2.03 bits per heavy atom. The highest BCUT2D eigenvalue weighted by molar-refractivity contribution is 6.46. The topological polar surface area (TPSA) is 83.0 Å². The lowest BCUT2D eigenvalue weighted by molar-refractivity contribution is -0.139. The monoisotopic (exact) mass is 395 g/mol. The number of hydrogen-bond acceptors (Lipinski definition) is 6. The second-order valence-corrected chi connectivity index (χ2v) is 7.17. The molecule has 29 heavy (non-hydrogen) atoms. The van der Waals surface area contributed by atoms with Gasteiger partial charge in [0.25, 0.3) is 11.7 Å². The quantitative estimate of drug-likeness (QED) is 0.441. The number of nitrogens with zero attached hydrogens (tertiary/aromatic N) is 3. The summed E-state index contributed by atoms with van der Waals surface area (Å²) in [7, 11) is 5.43. The number of rotatable bonds is 7. The predicted molar refractivity (Wildman–Crippen MR) is 109 cm³/mol. The number of methoxy groups -OCH3 is 1. The van der Waals surface area contributed by atoms with E-state index in [1.54, 1.807) is 48.8 Å². The van der Waals surface area contributed by atoms with Crippen LogP contribution in [0.15, 0.2) is 54.4 Å². The summed E-state index contributed by atoms with van der Waals surface area (Å²) >= 11 is 0. The first-order valence-electron chi connectivity index (χ1n) is 9.41. The molecule has 2 aromatic rings. The normalized spacial score (nSPS) is 18.5. The maximum Gasteiger partial charge on any atom is 0.295 e. The van der Waals surface area contributed by atoms with Gasteiger partial charge in [0.15, 0.2) is 0 Å². The SMILES string of the molecule is COc1cccc(C(O)=C2C(=O)C(=O)N(CCCN(C)C)[C@@H]2c2cccnc2)c1. The van der Waals surface area contributed by atoms with Crippen LogP contribution >= 0.6 is 0 Å². The molecule has 0 bridgehead atoms. The van der Waals surface area contributed by atoms with Crippen LogP contribution < -0.4 is 4.74 Å². The summed E-state index contributed by atoms with van der Waals surface area (Å²) < 4.78 is 5.21. The fourth-order valence-corrected chi connectivity index (χ4v) is 3.48. The molecule has 152 valence electrons. The maximum absolute atomic E-state index is 12.9. The van der Waals surface area contributed by atoms with E-state index in [1.165, 1.54) is 12.0 Å². The first kappa shape index (κ1) is 20.5. The highest BCUT2D eigenvalue weighted by Gasteiger charge is 2.45. The van der Waals surface area contributed by atoms with Crippen LogP contribution in [0.4, 0.5) is 0 Å². The zero-order valence-electron chi connectivity index (χ0n) is 16.8. The summed E-state index contributed by atoms with van der Waals surface area (Å²) in [4.78, 5) is 33.4. The smallest absolute Gasteiger partial charge is 0.295 e. The zero-order chi connectivity index (χ0) is 21.0. The molecule has 0 spiro atoms. The minimum absolute atomic E-state index is 0.0705. The summed E-state index contributed by atoms with van der Waals surface area (Å²) in [6.45, 7) is 1.18. The molecular formula is C22H25N3O4. The second-order valence-electron chi connectivity index (χ2n) is 7.17. The van der Waals surface area contributed by atoms with E-state index in [1.807, 2.05) is 19.0 Å². The Morgan fingerprint density at radius 1 is 1.24 bits per heavy atom. The summed E-state index contributed by atoms with van der Waals surface area (Å²) in [5.74, 6) is -0.968. The van der Waals surface area contributed by atoms with E-state index in [0.29, 0.717) is 29.8 Å². The fourth-order valence-electron chi connectivity index (χ4n) is 3.48. The maximum atomic E-state index is 12.9. The van der Waals surface area contributed by atoms with Crippen LogP contribution in [0.2, 0.25) is 0 Å². The standard InChI is InChI=1S/C22H25N3O4/c1-24(2)11-6-12-25-19(16-8-5-10-23-14-16)18(21(27)22(25)28)20(26)15-7-4-9-17(13-15)29-3/h4-5,7-10,13-14,19,26H,6,11-12H2,1-3H3/t19-/m1/s1. The lowest BCUT2D eigenvalue weighted by Crippen LogP contribution is -2.32. The minimum Gasteiger partial charge on any atom is -0.507 e. The number of aliphatic hydroxyl groups excluding tert-OH is 1. The molecule has 0 saturated carbocycles. The molecule has 0 aliphatic carbocycles. The van der Waals surface area contributed by atoms with E-state index < -0.39 is 17.7 Å². The first-order valence-corrected chi connectivity index (χ1v) is 9.41. The number of benzene rings is 1. The van der Waals surface area contributed by atoms with E-state index in [-0.39, 0.29) is 11.3 Å².